The van der Waals surface area contributed by atoms with Gasteiger partial charge in [0.05, 0.1) is 0 Å². The molecule has 1 aromatic carbocycles. The lowest BCUT2D eigenvalue weighted by Gasteiger charge is -2.55. The lowest BCUT2D eigenvalue weighted by molar-refractivity contribution is -0.168. The highest BCUT2D eigenvalue weighted by atomic mass is 16.6. The lowest BCUT2D eigenvalue weighted by atomic mass is 9.50. The van der Waals surface area contributed by atoms with Gasteiger partial charge in [-0.05, 0) is 185 Å². The molecule has 0 aliphatic heterocycles. The molecule has 294 valence electrons. The minimum Gasteiger partial charge on any atom is -0.445 e. The number of fused-ring (bicyclic) bond motifs is 10. The topological polar surface area (TPSA) is 86.7 Å². The summed E-state index contributed by atoms with van der Waals surface area (Å²) in [4.78, 5) is 49.8. The molecule has 0 radical (unpaired) electrons. The van der Waals surface area contributed by atoms with Crippen LogP contribution in [0.2, 0.25) is 0 Å². The van der Waals surface area contributed by atoms with Crippen LogP contribution in [0.15, 0.2) is 47.6 Å². The number of allylic oxidation sites excluding steroid dienone is 2. The van der Waals surface area contributed by atoms with Crippen molar-refractivity contribution in [2.45, 2.75) is 142 Å². The summed E-state index contributed by atoms with van der Waals surface area (Å²) in [5, 5.41) is 0. The number of esters is 2. The largest absolute Gasteiger partial charge is 0.445 e. The van der Waals surface area contributed by atoms with E-state index >= 15 is 0 Å². The molecule has 0 heterocycles. The van der Waals surface area contributed by atoms with E-state index in [4.69, 9.17) is 9.47 Å². The molecule has 56 heavy (non-hydrogen) atoms. The van der Waals surface area contributed by atoms with Crippen molar-refractivity contribution in [3.63, 3.8) is 0 Å². The Morgan fingerprint density at radius 3 is 1.36 bits per heavy atom. The van der Waals surface area contributed by atoms with Gasteiger partial charge >= 0.3 is 11.9 Å². The van der Waals surface area contributed by atoms with E-state index in [0.29, 0.717) is 71.8 Å². The molecule has 6 heteroatoms. The first-order chi connectivity index (χ1) is 26.8. The van der Waals surface area contributed by atoms with E-state index in [9.17, 15) is 19.2 Å². The van der Waals surface area contributed by atoms with E-state index in [-0.39, 0.29) is 22.8 Å². The van der Waals surface area contributed by atoms with Gasteiger partial charge in [-0.15, -0.1) is 0 Å². The second kappa shape index (κ2) is 13.9. The normalized spacial score (nSPS) is 41.9. The number of ether oxygens (including phenoxy) is 2. The molecule has 1 aromatic rings. The van der Waals surface area contributed by atoms with Gasteiger partial charge in [0, 0.05) is 48.6 Å². The van der Waals surface area contributed by atoms with Gasteiger partial charge in [-0.25, -0.2) is 0 Å². The van der Waals surface area contributed by atoms with Crippen molar-refractivity contribution < 1.29 is 28.7 Å². The Kier molecular flexibility index (Phi) is 9.34. The molecule has 6 nitrogen and oxygen atoms in total. The third-order valence-electron chi connectivity index (χ3n) is 17.2. The SMILES string of the molecule is CC(=O)O[C@@]1(C#Cc2ccc(C#C[C@]3(OC(C)=O)CC[C@H]4[C@@H]5CCC6=CC(=O)CC[C@@H]6[C@H]5CC[C@@]43C)cc2)CC[C@H]2[C@@H]3CCC4=CC(=O)CC[C@@H]4[C@H]3CC[C@@]21C. The predicted octanol–water partition coefficient (Wildman–Crippen LogP) is 9.28. The summed E-state index contributed by atoms with van der Waals surface area (Å²) >= 11 is 0. The fourth-order valence-electron chi connectivity index (χ4n) is 14.6. The first-order valence-corrected chi connectivity index (χ1v) is 21.9. The van der Waals surface area contributed by atoms with Crippen LogP contribution >= 0.6 is 0 Å². The highest BCUT2D eigenvalue weighted by Gasteiger charge is 2.66. The van der Waals surface area contributed by atoms with Crippen LogP contribution in [-0.2, 0) is 28.7 Å². The molecule has 0 amide bonds. The zero-order chi connectivity index (χ0) is 39.0. The van der Waals surface area contributed by atoms with Crippen LogP contribution in [0.5, 0.6) is 0 Å². The van der Waals surface area contributed by atoms with Crippen molar-refractivity contribution in [1.82, 2.24) is 0 Å². The molecular weight excluding hydrogens is 697 g/mol. The summed E-state index contributed by atoms with van der Waals surface area (Å²) in [6, 6.07) is 8.03. The molecule has 12 atom stereocenters. The maximum atomic E-state index is 12.7. The number of hydrogen-bond acceptors (Lipinski definition) is 6. The number of hydrogen-bond donors (Lipinski definition) is 0. The summed E-state index contributed by atoms with van der Waals surface area (Å²) in [6.07, 6.45) is 19.1. The monoisotopic (exact) mass is 754 g/mol. The van der Waals surface area contributed by atoms with Gasteiger partial charge in [0.2, 0.25) is 0 Å². The minimum atomic E-state index is -0.833. The van der Waals surface area contributed by atoms with Gasteiger partial charge in [-0.2, -0.15) is 0 Å². The van der Waals surface area contributed by atoms with Crippen LogP contribution in [0, 0.1) is 81.9 Å². The molecule has 0 spiro atoms. The van der Waals surface area contributed by atoms with Crippen molar-refractivity contribution >= 4 is 23.5 Å². The molecule has 9 rings (SSSR count). The zero-order valence-electron chi connectivity index (χ0n) is 33.8. The fraction of sp³-hybridized carbons (Fsp3) is 0.640. The summed E-state index contributed by atoms with van der Waals surface area (Å²) in [7, 11) is 0. The first-order valence-electron chi connectivity index (χ1n) is 21.9. The summed E-state index contributed by atoms with van der Waals surface area (Å²) in [6.45, 7) is 7.68. The average Bonchev–Trinajstić information content (AvgIpc) is 3.62. The number of carbonyl (C=O) groups excluding carboxylic acids is 4. The molecule has 0 aromatic heterocycles. The standard InChI is InChI=1S/C50H58O6/c1-31(51)55-49(27-21-45-43-13-9-35-29-37(53)11-15-39(35)41(43)19-23-47(45,49)3)25-17-33-5-7-34(8-6-33)18-26-50(56-32(2)52)28-22-46-44-14-10-36-30-38(54)12-16-40(36)42(44)20-24-48(46,50)4/h5-8,29-30,39-46H,9-16,19-24,27-28H2,1-4H3/t39-,40-,41+,42+,43+,44+,45-,46-,47-,48-,49-,50-/m0/s1. The second-order valence-electron chi connectivity index (χ2n) is 19.5. The Bertz CT molecular complexity index is 1890. The van der Waals surface area contributed by atoms with E-state index in [2.05, 4.69) is 37.5 Å². The minimum absolute atomic E-state index is 0.227. The van der Waals surface area contributed by atoms with Gasteiger partial charge < -0.3 is 9.47 Å². The molecule has 0 N–H and O–H groups in total. The van der Waals surface area contributed by atoms with E-state index in [1.165, 1.54) is 25.0 Å². The van der Waals surface area contributed by atoms with Crippen molar-refractivity contribution in [3.05, 3.63) is 58.7 Å². The van der Waals surface area contributed by atoms with Crippen LogP contribution in [0.4, 0.5) is 0 Å². The number of carbonyl (C=O) groups is 4. The Labute approximate surface area is 333 Å². The molecule has 0 saturated heterocycles. The zero-order valence-corrected chi connectivity index (χ0v) is 33.8. The predicted molar refractivity (Wildman–Crippen MR) is 213 cm³/mol. The molecule has 6 fully saturated rings. The van der Waals surface area contributed by atoms with Crippen LogP contribution in [0.25, 0.3) is 0 Å². The summed E-state index contributed by atoms with van der Waals surface area (Å²) in [5.74, 6) is 18.4. The quantitative estimate of drug-likeness (QED) is 0.221. The Hall–Kier alpha value is -3.90. The fourth-order valence-corrected chi connectivity index (χ4v) is 14.6. The highest BCUT2D eigenvalue weighted by Crippen LogP contribution is 2.67. The van der Waals surface area contributed by atoms with Crippen molar-refractivity contribution in [3.8, 4) is 23.7 Å². The highest BCUT2D eigenvalue weighted by molar-refractivity contribution is 5.91. The van der Waals surface area contributed by atoms with E-state index in [1.54, 1.807) is 0 Å². The lowest BCUT2D eigenvalue weighted by Crippen LogP contribution is -2.53. The maximum absolute atomic E-state index is 12.7. The van der Waals surface area contributed by atoms with Gasteiger partial charge in [0.15, 0.2) is 22.8 Å². The third-order valence-corrected chi connectivity index (χ3v) is 17.2. The van der Waals surface area contributed by atoms with E-state index in [1.807, 2.05) is 36.4 Å². The average molecular weight is 755 g/mol. The molecular formula is C50H58O6. The van der Waals surface area contributed by atoms with Crippen molar-refractivity contribution in [2.24, 2.45) is 58.2 Å². The number of ketones is 2. The van der Waals surface area contributed by atoms with Crippen LogP contribution in [0.3, 0.4) is 0 Å². The van der Waals surface area contributed by atoms with Crippen LogP contribution in [-0.4, -0.2) is 34.7 Å². The first kappa shape index (κ1) is 37.7. The van der Waals surface area contributed by atoms with E-state index in [0.717, 1.165) is 101 Å². The molecule has 6 saturated carbocycles. The van der Waals surface area contributed by atoms with E-state index < -0.39 is 11.2 Å². The van der Waals surface area contributed by atoms with Gasteiger partial charge in [-0.3, -0.25) is 19.2 Å². The van der Waals surface area contributed by atoms with Crippen LogP contribution < -0.4 is 0 Å². The number of benzene rings is 1. The Balaban J connectivity index is 0.947. The van der Waals surface area contributed by atoms with Crippen molar-refractivity contribution in [1.29, 1.82) is 0 Å². The third kappa shape index (κ3) is 5.98. The van der Waals surface area contributed by atoms with Crippen molar-refractivity contribution in [2.75, 3.05) is 0 Å². The van der Waals surface area contributed by atoms with Gasteiger partial charge in [0.1, 0.15) is 0 Å². The molecule has 0 unspecified atom stereocenters. The maximum Gasteiger partial charge on any atom is 0.304 e. The number of rotatable bonds is 2. The van der Waals surface area contributed by atoms with Gasteiger partial charge in [0.25, 0.3) is 0 Å². The van der Waals surface area contributed by atoms with Crippen LogP contribution in [0.1, 0.15) is 142 Å². The second-order valence-corrected chi connectivity index (χ2v) is 19.5. The molecule has 8 aliphatic rings. The molecule has 0 bridgehead atoms. The summed E-state index contributed by atoms with van der Waals surface area (Å²) in [5.41, 5.74) is 2.37. The Morgan fingerprint density at radius 1 is 0.554 bits per heavy atom. The molecule has 8 aliphatic carbocycles. The Morgan fingerprint density at radius 2 is 0.964 bits per heavy atom. The van der Waals surface area contributed by atoms with Gasteiger partial charge in [-0.1, -0.05) is 36.8 Å². The smallest absolute Gasteiger partial charge is 0.304 e. The summed E-state index contributed by atoms with van der Waals surface area (Å²) < 4.78 is 12.6.